The number of sulfonamides is 1. The Morgan fingerprint density at radius 1 is 0.891 bits per heavy atom. The third-order valence-corrected chi connectivity index (χ3v) is 12.8. The monoisotopic (exact) mass is 898 g/mol. The number of nitrogens with two attached hydrogens (primary N) is 1. The summed E-state index contributed by atoms with van der Waals surface area (Å²) in [6.07, 6.45) is 1.58. The molecule has 3 aromatic carbocycles. The van der Waals surface area contributed by atoms with Crippen LogP contribution in [-0.2, 0) is 53.2 Å². The van der Waals surface area contributed by atoms with Crippen molar-refractivity contribution in [1.29, 1.82) is 0 Å². The van der Waals surface area contributed by atoms with Crippen molar-refractivity contribution < 1.29 is 41.9 Å². The molecular weight excluding hydrogens is 841 g/mol. The maximum atomic E-state index is 14.2. The molecule has 2 aliphatic rings. The van der Waals surface area contributed by atoms with Crippen LogP contribution in [0.5, 0.6) is 5.75 Å². The lowest BCUT2D eigenvalue weighted by Crippen LogP contribution is -2.60. The fourth-order valence-electron chi connectivity index (χ4n) is 8.08. The number of hydrogen-bond acceptors (Lipinski definition) is 10. The number of ether oxygens (including phenoxy) is 2. The zero-order valence-corrected chi connectivity index (χ0v) is 38.3. The number of nitrogens with zero attached hydrogens (tertiary/aromatic N) is 2. The molecule has 7 N–H and O–H groups in total. The van der Waals surface area contributed by atoms with E-state index in [-0.39, 0.29) is 43.1 Å². The van der Waals surface area contributed by atoms with Gasteiger partial charge in [-0.3, -0.25) is 28.7 Å². The van der Waals surface area contributed by atoms with Gasteiger partial charge in [-0.15, -0.1) is 0 Å². The average Bonchev–Trinajstić information content (AvgIpc) is 3.75. The van der Waals surface area contributed by atoms with E-state index in [1.165, 1.54) is 4.57 Å². The molecule has 17 nitrogen and oxygen atoms in total. The van der Waals surface area contributed by atoms with E-state index < -0.39 is 75.6 Å². The van der Waals surface area contributed by atoms with Gasteiger partial charge < -0.3 is 36.5 Å². The number of benzene rings is 3. The van der Waals surface area contributed by atoms with Crippen molar-refractivity contribution in [1.82, 2.24) is 30.6 Å². The van der Waals surface area contributed by atoms with Crippen molar-refractivity contribution in [2.45, 2.75) is 122 Å². The number of carbonyl (C=O) groups excluding carboxylic acids is 5. The third kappa shape index (κ3) is 11.0. The van der Waals surface area contributed by atoms with Crippen molar-refractivity contribution in [2.75, 3.05) is 13.1 Å². The number of hydrogen-bond donors (Lipinski definition) is 6. The standard InChI is InChI=1S/C46H58N8O9S/c1-26-27(2)39(28(3)32-23-46(7,8)62-38(26)32)64(60,61)53-43(47)48-20-14-18-33-41(57)52-35(22-30-25-54(44(59)63-45(4,5)6)36-19-13-12-17-31(30)36)40(56)49-24-37(55)50-34(42(58)51-33)21-29-15-10-9-11-16-29/h9-13,15-17,19,25,33-35H,14,18,20-24H2,1-8H3,(H,49,56)(H,50,55)(H,51,58)(H,52,57)(H3,47,48,53)/t33-,34+,35-/m0/s1. The number of para-hydroxylation sites is 1. The molecule has 4 amide bonds. The molecule has 18 heteroatoms. The molecule has 0 bridgehead atoms. The Hall–Kier alpha value is -6.43. The van der Waals surface area contributed by atoms with Gasteiger partial charge >= 0.3 is 6.09 Å². The van der Waals surface area contributed by atoms with Gasteiger partial charge in [0.1, 0.15) is 35.1 Å². The molecule has 0 spiro atoms. The molecule has 0 unspecified atom stereocenters. The van der Waals surface area contributed by atoms with Gasteiger partial charge in [-0.1, -0.05) is 48.5 Å². The van der Waals surface area contributed by atoms with E-state index in [1.54, 1.807) is 89.3 Å². The average molecular weight is 899 g/mol. The molecule has 64 heavy (non-hydrogen) atoms. The zero-order chi connectivity index (χ0) is 46.7. The minimum absolute atomic E-state index is 0.0165. The fraction of sp³-hybridized carbons (Fsp3) is 0.435. The zero-order valence-electron chi connectivity index (χ0n) is 37.5. The smallest absolute Gasteiger partial charge is 0.419 e. The fourth-order valence-corrected chi connectivity index (χ4v) is 9.60. The van der Waals surface area contributed by atoms with Crippen LogP contribution in [0.4, 0.5) is 4.79 Å². The van der Waals surface area contributed by atoms with Crippen LogP contribution in [0.3, 0.4) is 0 Å². The normalized spacial score (nSPS) is 19.6. The summed E-state index contributed by atoms with van der Waals surface area (Å²) in [5.41, 5.74) is 9.31. The van der Waals surface area contributed by atoms with E-state index >= 15 is 0 Å². The Balaban J connectivity index is 1.23. The molecule has 3 heterocycles. The second-order valence-corrected chi connectivity index (χ2v) is 19.6. The predicted molar refractivity (Wildman–Crippen MR) is 241 cm³/mol. The van der Waals surface area contributed by atoms with Gasteiger partial charge in [-0.25, -0.2) is 17.9 Å². The summed E-state index contributed by atoms with van der Waals surface area (Å²) in [6.45, 7) is 13.9. The topological polar surface area (TPSA) is 241 Å². The van der Waals surface area contributed by atoms with Gasteiger partial charge in [0.05, 0.1) is 17.0 Å². The number of rotatable bonds is 10. The number of aromatic nitrogens is 1. The minimum atomic E-state index is -4.18. The summed E-state index contributed by atoms with van der Waals surface area (Å²) in [6, 6.07) is 12.4. The number of carbonyl (C=O) groups is 5. The molecule has 2 aliphatic heterocycles. The second-order valence-electron chi connectivity index (χ2n) is 17.9. The molecule has 3 atom stereocenters. The number of amides is 4. The summed E-state index contributed by atoms with van der Waals surface area (Å²) in [5, 5.41) is 11.5. The largest absolute Gasteiger partial charge is 0.487 e. The summed E-state index contributed by atoms with van der Waals surface area (Å²) in [5.74, 6) is -2.31. The first kappa shape index (κ1) is 47.1. The van der Waals surface area contributed by atoms with E-state index in [4.69, 9.17) is 15.2 Å². The lowest BCUT2D eigenvalue weighted by Gasteiger charge is -2.27. The SMILES string of the molecule is Cc1c(C)c(S(=O)(=O)NC(N)=NCCC[C@@H]2NC(=O)[C@@H](Cc3ccccc3)NC(=O)CNC(=O)[C@H](Cc3cn(C(=O)OC(C)(C)C)c4ccccc34)NC2=O)c(C)c2c1OC(C)(C)C2. The van der Waals surface area contributed by atoms with E-state index in [0.717, 1.165) is 16.7 Å². The summed E-state index contributed by atoms with van der Waals surface area (Å²) >= 11 is 0. The molecule has 0 aliphatic carbocycles. The highest BCUT2D eigenvalue weighted by Gasteiger charge is 2.37. The van der Waals surface area contributed by atoms with Gasteiger partial charge in [-0.2, -0.15) is 0 Å². The van der Waals surface area contributed by atoms with E-state index in [2.05, 4.69) is 31.0 Å². The van der Waals surface area contributed by atoms with E-state index in [1.807, 2.05) is 26.8 Å². The maximum absolute atomic E-state index is 14.2. The molecule has 0 saturated carbocycles. The van der Waals surface area contributed by atoms with Crippen molar-refractivity contribution in [2.24, 2.45) is 10.7 Å². The molecule has 342 valence electrons. The first-order valence-electron chi connectivity index (χ1n) is 21.2. The van der Waals surface area contributed by atoms with Crippen LogP contribution in [-0.4, -0.2) is 91.1 Å². The Morgan fingerprint density at radius 3 is 2.23 bits per heavy atom. The number of fused-ring (bicyclic) bond motifs is 2. The summed E-state index contributed by atoms with van der Waals surface area (Å²) in [7, 11) is -4.18. The van der Waals surface area contributed by atoms with Crippen LogP contribution >= 0.6 is 0 Å². The quantitative estimate of drug-likeness (QED) is 0.0769. The Bertz CT molecular complexity index is 2620. The van der Waals surface area contributed by atoms with E-state index in [0.29, 0.717) is 39.8 Å². The molecule has 1 saturated heterocycles. The molecule has 1 fully saturated rings. The van der Waals surface area contributed by atoms with Crippen LogP contribution in [0.1, 0.15) is 80.8 Å². The van der Waals surface area contributed by atoms with Gasteiger partial charge in [-0.05, 0) is 102 Å². The van der Waals surface area contributed by atoms with Crippen LogP contribution in [0, 0.1) is 20.8 Å². The number of nitrogens with one attached hydrogen (secondary N) is 5. The minimum Gasteiger partial charge on any atom is -0.487 e. The van der Waals surface area contributed by atoms with Gasteiger partial charge in [0.25, 0.3) is 10.0 Å². The van der Waals surface area contributed by atoms with Crippen LogP contribution in [0.15, 0.2) is 70.7 Å². The van der Waals surface area contributed by atoms with Crippen molar-refractivity contribution in [3.05, 3.63) is 94.2 Å². The van der Waals surface area contributed by atoms with Crippen molar-refractivity contribution in [3.63, 3.8) is 0 Å². The summed E-state index contributed by atoms with van der Waals surface area (Å²) < 4.78 is 43.0. The second kappa shape index (κ2) is 18.7. The van der Waals surface area contributed by atoms with Crippen LogP contribution in [0.2, 0.25) is 0 Å². The molecule has 4 aromatic rings. The van der Waals surface area contributed by atoms with Crippen molar-refractivity contribution >= 4 is 56.6 Å². The maximum Gasteiger partial charge on any atom is 0.419 e. The highest BCUT2D eigenvalue weighted by Crippen LogP contribution is 2.43. The first-order valence-corrected chi connectivity index (χ1v) is 22.7. The molecule has 0 radical (unpaired) electrons. The highest BCUT2D eigenvalue weighted by atomic mass is 32.2. The molecular formula is C46H58N8O9S. The van der Waals surface area contributed by atoms with Crippen molar-refractivity contribution in [3.8, 4) is 5.75 Å². The Labute approximate surface area is 373 Å². The lowest BCUT2D eigenvalue weighted by molar-refractivity contribution is -0.135. The Kier molecular flexibility index (Phi) is 13.8. The van der Waals surface area contributed by atoms with Gasteiger partial charge in [0, 0.05) is 43.0 Å². The predicted octanol–water partition coefficient (Wildman–Crippen LogP) is 3.51. The third-order valence-electron chi connectivity index (χ3n) is 11.2. The first-order chi connectivity index (χ1) is 30.0. The van der Waals surface area contributed by atoms with Crippen LogP contribution in [0.25, 0.3) is 10.9 Å². The number of guanidine groups is 1. The lowest BCUT2D eigenvalue weighted by atomic mass is 9.94. The van der Waals surface area contributed by atoms with E-state index in [9.17, 15) is 32.4 Å². The molecule has 6 rings (SSSR count). The van der Waals surface area contributed by atoms with Gasteiger partial charge in [0.15, 0.2) is 0 Å². The molecule has 1 aromatic heterocycles. The number of aliphatic imine (C=N–C) groups is 1. The highest BCUT2D eigenvalue weighted by molar-refractivity contribution is 7.90. The van der Waals surface area contributed by atoms with Crippen LogP contribution < -0.4 is 36.5 Å². The summed E-state index contributed by atoms with van der Waals surface area (Å²) in [4.78, 5) is 72.8. The van der Waals surface area contributed by atoms with Gasteiger partial charge in [0.2, 0.25) is 29.6 Å². The Morgan fingerprint density at radius 2 is 1.53 bits per heavy atom.